The van der Waals surface area contributed by atoms with Crippen LogP contribution in [0.15, 0.2) is 40.1 Å². The van der Waals surface area contributed by atoms with E-state index in [4.69, 9.17) is 10.3 Å². The van der Waals surface area contributed by atoms with Crippen LogP contribution < -0.4 is 5.73 Å². The molecule has 7 nitrogen and oxygen atoms in total. The smallest absolute Gasteiger partial charge is 0.297 e. The van der Waals surface area contributed by atoms with Gasteiger partial charge in [0.25, 0.3) is 20.2 Å². The van der Waals surface area contributed by atoms with Crippen LogP contribution in [0.3, 0.4) is 0 Å². The van der Waals surface area contributed by atoms with E-state index in [-0.39, 0.29) is 16.5 Å². The fraction of sp³-hybridized carbons (Fsp3) is 0. The summed E-state index contributed by atoms with van der Waals surface area (Å²) in [5.41, 5.74) is 5.16. The second-order valence-electron chi connectivity index (χ2n) is 3.79. The first-order chi connectivity index (χ1) is 8.62. The maximum Gasteiger partial charge on any atom is 0.297 e. The summed E-state index contributed by atoms with van der Waals surface area (Å²) >= 11 is 0. The first-order valence-electron chi connectivity index (χ1n) is 4.88. The predicted octanol–water partition coefficient (Wildman–Crippen LogP) is 0.915. The van der Waals surface area contributed by atoms with Crippen LogP contribution in [-0.4, -0.2) is 25.9 Å². The molecule has 0 heterocycles. The van der Waals surface area contributed by atoms with Crippen molar-refractivity contribution in [2.45, 2.75) is 9.79 Å². The van der Waals surface area contributed by atoms with E-state index in [1.807, 2.05) is 0 Å². The molecule has 0 aromatic heterocycles. The van der Waals surface area contributed by atoms with Crippen LogP contribution in [0.5, 0.6) is 0 Å². The normalized spacial score (nSPS) is 12.7. The molecule has 9 heteroatoms. The molecule has 0 saturated carbocycles. The molecular weight excluding hydrogens is 294 g/mol. The largest absolute Gasteiger partial charge is 0.398 e. The molecular formula is C10H9NO6S2. The van der Waals surface area contributed by atoms with Crippen LogP contribution in [0, 0.1) is 0 Å². The highest BCUT2D eigenvalue weighted by Crippen LogP contribution is 2.33. The molecule has 0 fully saturated rings. The predicted molar refractivity (Wildman–Crippen MR) is 68.0 cm³/mol. The van der Waals surface area contributed by atoms with E-state index in [9.17, 15) is 21.4 Å². The van der Waals surface area contributed by atoms with Gasteiger partial charge in [-0.3, -0.25) is 9.11 Å². The standard InChI is InChI=1S/C10H9NO6S2/c11-7-5-4-6-2-1-3-8(18(12,13)14)9(6)10(7)19(15,16)17/h1-5H,11H2,(H,12,13,14)(H,15,16,17). The van der Waals surface area contributed by atoms with Gasteiger partial charge in [-0.25, -0.2) is 0 Å². The molecule has 0 atom stereocenters. The van der Waals surface area contributed by atoms with Crippen molar-refractivity contribution in [1.29, 1.82) is 0 Å². The van der Waals surface area contributed by atoms with Crippen molar-refractivity contribution in [2.24, 2.45) is 0 Å². The highest BCUT2D eigenvalue weighted by molar-refractivity contribution is 7.87. The van der Waals surface area contributed by atoms with Gasteiger partial charge >= 0.3 is 0 Å². The third-order valence-electron chi connectivity index (χ3n) is 2.53. The lowest BCUT2D eigenvalue weighted by atomic mass is 10.1. The number of hydrogen-bond donors (Lipinski definition) is 3. The van der Waals surface area contributed by atoms with Gasteiger partial charge < -0.3 is 5.73 Å². The molecule has 2 rings (SSSR count). The molecule has 0 spiro atoms. The number of benzene rings is 2. The Morgan fingerprint density at radius 3 is 2.05 bits per heavy atom. The molecule has 0 radical (unpaired) electrons. The van der Waals surface area contributed by atoms with Crippen LogP contribution in [0.2, 0.25) is 0 Å². The molecule has 0 aliphatic heterocycles. The van der Waals surface area contributed by atoms with Crippen LogP contribution in [0.4, 0.5) is 5.69 Å². The van der Waals surface area contributed by atoms with Crippen LogP contribution in [0.25, 0.3) is 10.8 Å². The summed E-state index contributed by atoms with van der Waals surface area (Å²) in [5, 5.41) is -0.135. The summed E-state index contributed by atoms with van der Waals surface area (Å²) in [6.45, 7) is 0. The highest BCUT2D eigenvalue weighted by atomic mass is 32.2. The quantitative estimate of drug-likeness (QED) is 0.554. The first kappa shape index (κ1) is 13.7. The number of anilines is 1. The summed E-state index contributed by atoms with van der Waals surface area (Å²) in [4.78, 5) is -1.37. The van der Waals surface area contributed by atoms with E-state index < -0.39 is 30.0 Å². The minimum Gasteiger partial charge on any atom is -0.398 e. The molecule has 0 amide bonds. The molecule has 0 saturated heterocycles. The Morgan fingerprint density at radius 2 is 1.53 bits per heavy atom. The van der Waals surface area contributed by atoms with Gasteiger partial charge in [-0.05, 0) is 17.5 Å². The summed E-state index contributed by atoms with van der Waals surface area (Å²) in [6.07, 6.45) is 0. The number of rotatable bonds is 2. The third-order valence-corrected chi connectivity index (χ3v) is 4.38. The van der Waals surface area contributed by atoms with Gasteiger partial charge in [0.15, 0.2) is 0 Å². The van der Waals surface area contributed by atoms with Crippen molar-refractivity contribution < 1.29 is 25.9 Å². The van der Waals surface area contributed by atoms with Crippen molar-refractivity contribution in [3.8, 4) is 0 Å². The fourth-order valence-electron chi connectivity index (χ4n) is 1.82. The Morgan fingerprint density at radius 1 is 0.895 bits per heavy atom. The van der Waals surface area contributed by atoms with Crippen molar-refractivity contribution in [2.75, 3.05) is 5.73 Å². The monoisotopic (exact) mass is 303 g/mol. The van der Waals surface area contributed by atoms with Gasteiger partial charge in [0.2, 0.25) is 0 Å². The molecule has 19 heavy (non-hydrogen) atoms. The van der Waals surface area contributed by atoms with Gasteiger partial charge in [-0.2, -0.15) is 16.8 Å². The lowest BCUT2D eigenvalue weighted by molar-refractivity contribution is 0.484. The average molecular weight is 303 g/mol. The second-order valence-corrected chi connectivity index (χ2v) is 6.54. The third kappa shape index (κ3) is 2.40. The van der Waals surface area contributed by atoms with Crippen LogP contribution >= 0.6 is 0 Å². The van der Waals surface area contributed by atoms with E-state index in [1.165, 1.54) is 24.3 Å². The summed E-state index contributed by atoms with van der Waals surface area (Å²) in [7, 11) is -9.40. The number of nitrogen functional groups attached to an aromatic ring is 1. The molecule has 4 N–H and O–H groups in total. The molecule has 0 bridgehead atoms. The zero-order valence-corrected chi connectivity index (χ0v) is 10.9. The van der Waals surface area contributed by atoms with Crippen molar-refractivity contribution >= 4 is 36.7 Å². The van der Waals surface area contributed by atoms with Gasteiger partial charge in [0, 0.05) is 5.39 Å². The topological polar surface area (TPSA) is 135 Å². The zero-order valence-electron chi connectivity index (χ0n) is 9.31. The van der Waals surface area contributed by atoms with Gasteiger partial charge in [-0.15, -0.1) is 0 Å². The second kappa shape index (κ2) is 4.17. The van der Waals surface area contributed by atoms with Crippen LogP contribution in [-0.2, 0) is 20.2 Å². The highest BCUT2D eigenvalue weighted by Gasteiger charge is 2.24. The maximum absolute atomic E-state index is 11.3. The van der Waals surface area contributed by atoms with E-state index in [2.05, 4.69) is 0 Å². The van der Waals surface area contributed by atoms with Crippen molar-refractivity contribution in [1.82, 2.24) is 0 Å². The minimum atomic E-state index is -4.74. The summed E-state index contributed by atoms with van der Waals surface area (Å²) in [6, 6.07) is 6.38. The maximum atomic E-state index is 11.3. The number of nitrogens with two attached hydrogens (primary N) is 1. The Kier molecular flexibility index (Phi) is 3.01. The van der Waals surface area contributed by atoms with Crippen molar-refractivity contribution in [3.63, 3.8) is 0 Å². The molecule has 0 aliphatic carbocycles. The molecule has 0 unspecified atom stereocenters. The van der Waals surface area contributed by atoms with E-state index in [0.717, 1.165) is 6.07 Å². The summed E-state index contributed by atoms with van der Waals surface area (Å²) in [5.74, 6) is 0. The Balaban J connectivity index is 3.16. The molecule has 102 valence electrons. The zero-order chi connectivity index (χ0) is 14.4. The van der Waals surface area contributed by atoms with Gasteiger partial charge in [0.05, 0.1) is 5.69 Å². The fourth-order valence-corrected chi connectivity index (χ4v) is 3.47. The average Bonchev–Trinajstić information content (AvgIpc) is 2.24. The van der Waals surface area contributed by atoms with E-state index in [1.54, 1.807) is 0 Å². The lowest BCUT2D eigenvalue weighted by Gasteiger charge is -2.10. The van der Waals surface area contributed by atoms with Gasteiger partial charge in [0.1, 0.15) is 9.79 Å². The van der Waals surface area contributed by atoms with E-state index >= 15 is 0 Å². The molecule has 2 aromatic carbocycles. The van der Waals surface area contributed by atoms with Crippen molar-refractivity contribution in [3.05, 3.63) is 30.3 Å². The van der Waals surface area contributed by atoms with Gasteiger partial charge in [-0.1, -0.05) is 18.2 Å². The Hall–Kier alpha value is -1.68. The summed E-state index contributed by atoms with van der Waals surface area (Å²) < 4.78 is 63.5. The number of fused-ring (bicyclic) bond motifs is 1. The first-order valence-corrected chi connectivity index (χ1v) is 7.76. The molecule has 0 aliphatic rings. The van der Waals surface area contributed by atoms with Crippen LogP contribution in [0.1, 0.15) is 0 Å². The number of hydrogen-bond acceptors (Lipinski definition) is 5. The molecule has 2 aromatic rings. The Bertz CT molecular complexity index is 870. The SMILES string of the molecule is Nc1ccc2cccc(S(=O)(=O)O)c2c1S(=O)(=O)O. The Labute approximate surface area is 109 Å². The lowest BCUT2D eigenvalue weighted by Crippen LogP contribution is -2.07. The minimum absolute atomic E-state index is 0.206. The van der Waals surface area contributed by atoms with E-state index in [0.29, 0.717) is 0 Å².